The van der Waals surface area contributed by atoms with Gasteiger partial charge in [0.2, 0.25) is 0 Å². The van der Waals surface area contributed by atoms with Crippen molar-refractivity contribution >= 4 is 39.9 Å². The Balaban J connectivity index is 1.67. The number of thiophene rings is 1. The predicted octanol–water partition coefficient (Wildman–Crippen LogP) is 5.67. The molecular formula is C19H21ClN2O3S. The van der Waals surface area contributed by atoms with Crippen molar-refractivity contribution in [1.29, 1.82) is 0 Å². The molecule has 0 saturated carbocycles. The number of urea groups is 1. The maximum Gasteiger partial charge on any atom is 0.315 e. The lowest BCUT2D eigenvalue weighted by Crippen LogP contribution is -2.38. The number of halogens is 1. The van der Waals surface area contributed by atoms with E-state index in [0.29, 0.717) is 28.0 Å². The summed E-state index contributed by atoms with van der Waals surface area (Å²) in [6.07, 6.45) is 0. The molecule has 5 nitrogen and oxygen atoms in total. The van der Waals surface area contributed by atoms with Crippen molar-refractivity contribution < 1.29 is 13.9 Å². The number of furan rings is 1. The average Bonchev–Trinajstić information content (AvgIpc) is 3.21. The molecule has 2 heterocycles. The average molecular weight is 393 g/mol. The number of rotatable bonds is 6. The quantitative estimate of drug-likeness (QED) is 0.568. The summed E-state index contributed by atoms with van der Waals surface area (Å²) in [7, 11) is 0. The Hall–Kier alpha value is -2.18. The van der Waals surface area contributed by atoms with Gasteiger partial charge in [-0.3, -0.25) is 0 Å². The van der Waals surface area contributed by atoms with Crippen molar-refractivity contribution in [3.05, 3.63) is 51.4 Å². The molecule has 7 heteroatoms. The summed E-state index contributed by atoms with van der Waals surface area (Å²) in [5.74, 6) is 1.38. The molecule has 0 aliphatic rings. The van der Waals surface area contributed by atoms with Crippen LogP contribution in [0, 0.1) is 0 Å². The van der Waals surface area contributed by atoms with Crippen LogP contribution in [0.4, 0.5) is 4.79 Å². The van der Waals surface area contributed by atoms with E-state index in [1.807, 2.05) is 57.2 Å². The van der Waals surface area contributed by atoms with E-state index in [0.717, 1.165) is 10.3 Å². The molecule has 3 rings (SSSR count). The molecule has 0 spiro atoms. The number of hydrogen-bond donors (Lipinski definition) is 2. The van der Waals surface area contributed by atoms with Crippen molar-refractivity contribution in [3.8, 4) is 5.75 Å². The third-order valence-electron chi connectivity index (χ3n) is 3.97. The van der Waals surface area contributed by atoms with E-state index in [2.05, 4.69) is 10.6 Å². The van der Waals surface area contributed by atoms with E-state index in [-0.39, 0.29) is 18.1 Å². The number of hydrogen-bond acceptors (Lipinski definition) is 4. The largest absolute Gasteiger partial charge is 0.490 e. The summed E-state index contributed by atoms with van der Waals surface area (Å²) in [6.45, 7) is 6.29. The summed E-state index contributed by atoms with van der Waals surface area (Å²) < 4.78 is 12.2. The number of carbonyl (C=O) groups excluding carboxylic acids is 1. The molecule has 0 fully saturated rings. The highest BCUT2D eigenvalue weighted by atomic mass is 35.5. The molecule has 2 atom stereocenters. The Morgan fingerprint density at radius 1 is 1.23 bits per heavy atom. The Morgan fingerprint density at radius 3 is 2.69 bits per heavy atom. The molecule has 0 aliphatic heterocycles. The zero-order valence-electron chi connectivity index (χ0n) is 14.8. The van der Waals surface area contributed by atoms with Crippen LogP contribution in [0.1, 0.15) is 43.5 Å². The number of benzene rings is 1. The molecule has 2 aromatic heterocycles. The second-order valence-corrected chi connectivity index (χ2v) is 7.71. The molecule has 0 aliphatic carbocycles. The summed E-state index contributed by atoms with van der Waals surface area (Å²) in [5.41, 5.74) is 0.694. The van der Waals surface area contributed by atoms with Gasteiger partial charge in [-0.15, -0.1) is 11.3 Å². The molecule has 26 heavy (non-hydrogen) atoms. The van der Waals surface area contributed by atoms with Gasteiger partial charge in [-0.1, -0.05) is 23.7 Å². The minimum absolute atomic E-state index is 0.125. The fraction of sp³-hybridized carbons (Fsp3) is 0.316. The van der Waals surface area contributed by atoms with Crippen LogP contribution >= 0.6 is 22.9 Å². The van der Waals surface area contributed by atoms with Crippen molar-refractivity contribution in [3.63, 3.8) is 0 Å². The van der Waals surface area contributed by atoms with Gasteiger partial charge < -0.3 is 19.8 Å². The lowest BCUT2D eigenvalue weighted by Gasteiger charge is -2.16. The van der Waals surface area contributed by atoms with Crippen LogP contribution in [0.25, 0.3) is 11.0 Å². The lowest BCUT2D eigenvalue weighted by molar-refractivity contribution is 0.233. The van der Waals surface area contributed by atoms with Crippen molar-refractivity contribution in [2.45, 2.75) is 32.9 Å². The van der Waals surface area contributed by atoms with Crippen LogP contribution in [0.5, 0.6) is 5.75 Å². The van der Waals surface area contributed by atoms with Crippen LogP contribution in [0.15, 0.2) is 40.8 Å². The molecule has 2 amide bonds. The van der Waals surface area contributed by atoms with Gasteiger partial charge in [0.15, 0.2) is 11.3 Å². The molecule has 0 radical (unpaired) electrons. The summed E-state index contributed by atoms with van der Waals surface area (Å²) in [4.78, 5) is 13.3. The van der Waals surface area contributed by atoms with Crippen LogP contribution in [0.3, 0.4) is 0 Å². The SMILES string of the molecule is CCOc1cccc2cc(C(C)NC(=O)NC(C)c3ccc(Cl)s3)oc12. The van der Waals surface area contributed by atoms with E-state index in [4.69, 9.17) is 20.8 Å². The Morgan fingerprint density at radius 2 is 2.00 bits per heavy atom. The van der Waals surface area contributed by atoms with Gasteiger partial charge in [0, 0.05) is 10.3 Å². The third-order valence-corrected chi connectivity index (χ3v) is 5.38. The highest BCUT2D eigenvalue weighted by Crippen LogP contribution is 2.31. The Labute approximate surface area is 161 Å². The first kappa shape index (κ1) is 18.6. The van der Waals surface area contributed by atoms with Crippen LogP contribution in [-0.2, 0) is 0 Å². The van der Waals surface area contributed by atoms with Crippen molar-refractivity contribution in [2.75, 3.05) is 6.61 Å². The molecule has 1 aromatic carbocycles. The standard InChI is InChI=1S/C19H21ClN2O3S/c1-4-24-14-7-5-6-13-10-15(25-18(13)14)11(2)21-19(23)22-12(3)16-8-9-17(20)26-16/h5-12H,4H2,1-3H3,(H2,21,22,23). The Kier molecular flexibility index (Phi) is 5.74. The van der Waals surface area contributed by atoms with Gasteiger partial charge in [-0.2, -0.15) is 0 Å². The van der Waals surface area contributed by atoms with Crippen LogP contribution in [-0.4, -0.2) is 12.6 Å². The Bertz CT molecular complexity index is 905. The first-order chi connectivity index (χ1) is 12.5. The molecular weight excluding hydrogens is 372 g/mol. The number of amides is 2. The zero-order valence-corrected chi connectivity index (χ0v) is 16.4. The van der Waals surface area contributed by atoms with Gasteiger partial charge in [0.25, 0.3) is 0 Å². The smallest absolute Gasteiger partial charge is 0.315 e. The lowest BCUT2D eigenvalue weighted by atomic mass is 10.2. The maximum absolute atomic E-state index is 12.3. The fourth-order valence-electron chi connectivity index (χ4n) is 2.68. The number of fused-ring (bicyclic) bond motifs is 1. The van der Waals surface area contributed by atoms with E-state index in [1.165, 1.54) is 11.3 Å². The van der Waals surface area contributed by atoms with Gasteiger partial charge in [0.05, 0.1) is 23.0 Å². The number of para-hydroxylation sites is 1. The maximum atomic E-state index is 12.3. The number of ether oxygens (including phenoxy) is 1. The zero-order chi connectivity index (χ0) is 18.7. The molecule has 2 unspecified atom stereocenters. The van der Waals surface area contributed by atoms with Crippen LogP contribution in [0.2, 0.25) is 4.34 Å². The van der Waals surface area contributed by atoms with E-state index in [1.54, 1.807) is 0 Å². The van der Waals surface area contributed by atoms with E-state index >= 15 is 0 Å². The summed E-state index contributed by atoms with van der Waals surface area (Å²) in [5, 5.41) is 6.76. The van der Waals surface area contributed by atoms with Crippen molar-refractivity contribution in [1.82, 2.24) is 10.6 Å². The van der Waals surface area contributed by atoms with Crippen LogP contribution < -0.4 is 15.4 Å². The summed E-state index contributed by atoms with van der Waals surface area (Å²) >= 11 is 7.40. The second-order valence-electron chi connectivity index (χ2n) is 5.96. The van der Waals surface area contributed by atoms with E-state index < -0.39 is 0 Å². The molecule has 3 aromatic rings. The van der Waals surface area contributed by atoms with Gasteiger partial charge in [0.1, 0.15) is 5.76 Å². The highest BCUT2D eigenvalue weighted by molar-refractivity contribution is 7.16. The van der Waals surface area contributed by atoms with Gasteiger partial charge in [-0.25, -0.2) is 4.79 Å². The summed E-state index contributed by atoms with van der Waals surface area (Å²) in [6, 6.07) is 10.7. The highest BCUT2D eigenvalue weighted by Gasteiger charge is 2.18. The monoisotopic (exact) mass is 392 g/mol. The molecule has 2 N–H and O–H groups in total. The first-order valence-electron chi connectivity index (χ1n) is 8.45. The number of nitrogens with one attached hydrogen (secondary N) is 2. The minimum Gasteiger partial charge on any atom is -0.490 e. The van der Waals surface area contributed by atoms with Gasteiger partial charge >= 0.3 is 6.03 Å². The van der Waals surface area contributed by atoms with Gasteiger partial charge in [-0.05, 0) is 45.0 Å². The molecule has 0 saturated heterocycles. The van der Waals surface area contributed by atoms with E-state index in [9.17, 15) is 4.79 Å². The molecule has 0 bridgehead atoms. The first-order valence-corrected chi connectivity index (χ1v) is 9.65. The predicted molar refractivity (Wildman–Crippen MR) is 105 cm³/mol. The fourth-order valence-corrected chi connectivity index (χ4v) is 3.74. The second kappa shape index (κ2) is 8.01. The molecule has 138 valence electrons. The minimum atomic E-state index is -0.281. The normalized spacial score (nSPS) is 13.4. The van der Waals surface area contributed by atoms with Crippen molar-refractivity contribution in [2.24, 2.45) is 0 Å². The third kappa shape index (κ3) is 4.14. The number of carbonyl (C=O) groups is 1. The topological polar surface area (TPSA) is 63.5 Å².